The van der Waals surface area contributed by atoms with Gasteiger partial charge in [-0.05, 0) is 63.1 Å². The van der Waals surface area contributed by atoms with Crippen LogP contribution in [0.15, 0.2) is 54.7 Å². The molecule has 0 spiro atoms. The highest BCUT2D eigenvalue weighted by Gasteiger charge is 2.43. The number of nitrogens with zero attached hydrogens (tertiary/aromatic N) is 2. The monoisotopic (exact) mass is 574 g/mol. The first kappa shape index (κ1) is 28.0. The maximum atomic E-state index is 13.3. The van der Waals surface area contributed by atoms with Gasteiger partial charge < -0.3 is 20.3 Å². The summed E-state index contributed by atoms with van der Waals surface area (Å²) >= 11 is 6.59. The predicted octanol–water partition coefficient (Wildman–Crippen LogP) is 5.65. The van der Waals surface area contributed by atoms with Crippen molar-refractivity contribution in [3.8, 4) is 5.75 Å². The van der Waals surface area contributed by atoms with Crippen LogP contribution in [-0.4, -0.2) is 53.2 Å². The Morgan fingerprint density at radius 1 is 1.05 bits per heavy atom. The summed E-state index contributed by atoms with van der Waals surface area (Å²) in [7, 11) is 0. The molecule has 11 heteroatoms. The van der Waals surface area contributed by atoms with Crippen molar-refractivity contribution in [2.45, 2.75) is 69.4 Å². The van der Waals surface area contributed by atoms with Crippen LogP contribution in [-0.2, 0) is 4.79 Å². The Bertz CT molecular complexity index is 1400. The van der Waals surface area contributed by atoms with Crippen LogP contribution in [0.1, 0.15) is 49.9 Å². The molecule has 2 atom stereocenters. The van der Waals surface area contributed by atoms with Crippen molar-refractivity contribution in [3.05, 3.63) is 65.3 Å². The van der Waals surface area contributed by atoms with Crippen LogP contribution < -0.4 is 20.3 Å². The summed E-state index contributed by atoms with van der Waals surface area (Å²) < 4.78 is 43.3. The number of carbonyl (C=O) groups excluding carboxylic acids is 2. The first-order valence-corrected chi connectivity index (χ1v) is 13.6. The average molecular weight is 575 g/mol. The van der Waals surface area contributed by atoms with Crippen molar-refractivity contribution >= 4 is 40.0 Å². The van der Waals surface area contributed by atoms with Crippen LogP contribution in [0, 0.1) is 0 Å². The Morgan fingerprint density at radius 3 is 2.40 bits per heavy atom. The number of amides is 2. The number of pyridine rings is 1. The number of rotatable bonds is 7. The van der Waals surface area contributed by atoms with Gasteiger partial charge in [-0.3, -0.25) is 9.59 Å². The second-order valence-corrected chi connectivity index (χ2v) is 11.2. The van der Waals surface area contributed by atoms with Crippen LogP contribution in [0.2, 0.25) is 5.02 Å². The number of ether oxygens (including phenoxy) is 1. The van der Waals surface area contributed by atoms with Crippen LogP contribution in [0.25, 0.3) is 10.8 Å². The van der Waals surface area contributed by atoms with E-state index in [1.807, 2.05) is 35.6 Å². The minimum atomic E-state index is -4.48. The minimum Gasteiger partial charge on any atom is -0.476 e. The third-order valence-electron chi connectivity index (χ3n) is 7.53. The highest BCUT2D eigenvalue weighted by molar-refractivity contribution is 6.37. The predicted molar refractivity (Wildman–Crippen MR) is 147 cm³/mol. The normalized spacial score (nSPS) is 20.9. The number of piperidine rings is 1. The van der Waals surface area contributed by atoms with E-state index >= 15 is 0 Å². The van der Waals surface area contributed by atoms with Gasteiger partial charge in [0.25, 0.3) is 11.8 Å². The van der Waals surface area contributed by atoms with Crippen molar-refractivity contribution in [1.29, 1.82) is 0 Å². The zero-order valence-electron chi connectivity index (χ0n) is 22.1. The van der Waals surface area contributed by atoms with Crippen molar-refractivity contribution in [2.75, 3.05) is 11.4 Å². The zero-order valence-corrected chi connectivity index (χ0v) is 22.9. The van der Waals surface area contributed by atoms with Gasteiger partial charge in [-0.2, -0.15) is 13.2 Å². The van der Waals surface area contributed by atoms with Crippen molar-refractivity contribution in [2.24, 2.45) is 0 Å². The van der Waals surface area contributed by atoms with E-state index in [9.17, 15) is 22.8 Å². The Kier molecular flexibility index (Phi) is 7.56. The fourth-order valence-electron chi connectivity index (χ4n) is 5.60. The summed E-state index contributed by atoms with van der Waals surface area (Å²) in [6.07, 6.45) is 0.103. The van der Waals surface area contributed by atoms with E-state index in [-0.39, 0.29) is 29.6 Å². The molecule has 2 bridgehead atoms. The van der Waals surface area contributed by atoms with E-state index in [2.05, 4.69) is 15.2 Å². The van der Waals surface area contributed by atoms with Gasteiger partial charge in [-0.15, -0.1) is 0 Å². The summed E-state index contributed by atoms with van der Waals surface area (Å²) in [5, 5.41) is 7.31. The number of alkyl halides is 3. The fourth-order valence-corrected chi connectivity index (χ4v) is 5.87. The maximum absolute atomic E-state index is 13.3. The molecular formula is C29H30ClF3N4O3. The van der Waals surface area contributed by atoms with Gasteiger partial charge in [-0.1, -0.05) is 41.9 Å². The zero-order chi connectivity index (χ0) is 28.7. The van der Waals surface area contributed by atoms with Crippen LogP contribution >= 0.6 is 11.6 Å². The van der Waals surface area contributed by atoms with Crippen LogP contribution in [0.5, 0.6) is 5.75 Å². The van der Waals surface area contributed by atoms with Gasteiger partial charge in [0.15, 0.2) is 5.60 Å². The molecule has 2 aromatic carbocycles. The van der Waals surface area contributed by atoms with E-state index in [1.54, 1.807) is 26.0 Å². The molecule has 1 aromatic heterocycles. The first-order chi connectivity index (χ1) is 18.9. The van der Waals surface area contributed by atoms with Crippen molar-refractivity contribution in [3.63, 3.8) is 0 Å². The summed E-state index contributed by atoms with van der Waals surface area (Å²) in [5.74, 6) is 0.0498. The molecule has 0 aliphatic carbocycles. The van der Waals surface area contributed by atoms with Crippen LogP contribution in [0.3, 0.4) is 0 Å². The van der Waals surface area contributed by atoms with E-state index in [4.69, 9.17) is 16.3 Å². The Balaban J connectivity index is 1.20. The van der Waals surface area contributed by atoms with Gasteiger partial charge in [0.2, 0.25) is 0 Å². The van der Waals surface area contributed by atoms with Crippen LogP contribution in [0.4, 0.5) is 19.0 Å². The lowest BCUT2D eigenvalue weighted by molar-refractivity contribution is -0.135. The molecule has 40 heavy (non-hydrogen) atoms. The van der Waals surface area contributed by atoms with E-state index in [0.717, 1.165) is 23.6 Å². The van der Waals surface area contributed by atoms with Gasteiger partial charge >= 0.3 is 6.18 Å². The maximum Gasteiger partial charge on any atom is 0.405 e. The van der Waals surface area contributed by atoms with Crippen molar-refractivity contribution in [1.82, 2.24) is 15.6 Å². The first-order valence-electron chi connectivity index (χ1n) is 13.2. The standard InChI is InChI=1S/C29H30ClF3N4O3/c1-28(2,40-23-11-7-17-5-3-4-6-22(17)25(23)30)27(39)36-19-13-20-9-10-21(14-19)37(20)24-12-8-18(15-34-24)26(38)35-16-29(31,32)33/h3-8,11-12,15,19-21H,9-10,13-14,16H2,1-2H3,(H,35,38)(H,36,39). The van der Waals surface area contributed by atoms with Gasteiger partial charge in [0.05, 0.1) is 10.6 Å². The number of aromatic nitrogens is 1. The topological polar surface area (TPSA) is 83.6 Å². The lowest BCUT2D eigenvalue weighted by atomic mass is 9.96. The highest BCUT2D eigenvalue weighted by Crippen LogP contribution is 2.39. The molecule has 2 saturated heterocycles. The second-order valence-electron chi connectivity index (χ2n) is 10.8. The Labute approximate surface area is 235 Å². The number of halogens is 4. The molecule has 2 aliphatic heterocycles. The average Bonchev–Trinajstić information content (AvgIpc) is 3.18. The van der Waals surface area contributed by atoms with E-state index in [0.29, 0.717) is 29.4 Å². The van der Waals surface area contributed by atoms with Gasteiger partial charge in [0, 0.05) is 29.7 Å². The molecule has 212 valence electrons. The molecule has 2 aliphatic rings. The second kappa shape index (κ2) is 10.8. The van der Waals surface area contributed by atoms with E-state index in [1.165, 1.54) is 12.3 Å². The SMILES string of the molecule is CC(C)(Oc1ccc2ccccc2c1Cl)C(=O)NC1CC2CCC(C1)N2c1ccc(C(=O)NCC(F)(F)F)cn1. The quantitative estimate of drug-likeness (QED) is 0.381. The summed E-state index contributed by atoms with van der Waals surface area (Å²) in [4.78, 5) is 31.9. The molecule has 5 rings (SSSR count). The minimum absolute atomic E-state index is 0.0522. The summed E-state index contributed by atoms with van der Waals surface area (Å²) in [6, 6.07) is 14.8. The molecule has 7 nitrogen and oxygen atoms in total. The number of hydrogen-bond donors (Lipinski definition) is 2. The summed E-state index contributed by atoms with van der Waals surface area (Å²) in [5.41, 5.74) is -1.09. The molecule has 2 unspecified atom stereocenters. The number of nitrogens with one attached hydrogen (secondary N) is 2. The number of benzene rings is 2. The third kappa shape index (κ3) is 5.96. The number of anilines is 1. The molecule has 2 amide bonds. The largest absolute Gasteiger partial charge is 0.476 e. The number of hydrogen-bond acceptors (Lipinski definition) is 5. The number of fused-ring (bicyclic) bond motifs is 3. The Hall–Kier alpha value is -3.53. The molecule has 0 radical (unpaired) electrons. The fraction of sp³-hybridized carbons (Fsp3) is 0.414. The smallest absolute Gasteiger partial charge is 0.405 e. The molecule has 3 heterocycles. The molecule has 2 fully saturated rings. The summed E-state index contributed by atoms with van der Waals surface area (Å²) in [6.45, 7) is 2.04. The highest BCUT2D eigenvalue weighted by atomic mass is 35.5. The molecule has 2 N–H and O–H groups in total. The van der Waals surface area contributed by atoms with Gasteiger partial charge in [-0.25, -0.2) is 4.98 Å². The molecule has 0 saturated carbocycles. The van der Waals surface area contributed by atoms with E-state index < -0.39 is 24.2 Å². The lowest BCUT2D eigenvalue weighted by Gasteiger charge is -2.40. The van der Waals surface area contributed by atoms with Gasteiger partial charge in [0.1, 0.15) is 18.1 Å². The molecule has 3 aromatic rings. The van der Waals surface area contributed by atoms with Crippen molar-refractivity contribution < 1.29 is 27.5 Å². The Morgan fingerprint density at radius 2 is 1.75 bits per heavy atom. The number of carbonyl (C=O) groups is 2. The third-order valence-corrected chi connectivity index (χ3v) is 7.92. The lowest BCUT2D eigenvalue weighted by Crippen LogP contribution is -2.55. The molecular weight excluding hydrogens is 545 g/mol.